The van der Waals surface area contributed by atoms with Gasteiger partial charge in [0.25, 0.3) is 10.0 Å². The zero-order valence-corrected chi connectivity index (χ0v) is 27.0. The van der Waals surface area contributed by atoms with Crippen LogP contribution in [0.15, 0.2) is 76.3 Å². The number of nitrogens with one attached hydrogen (secondary N) is 1. The molecule has 0 aliphatic rings. The molecule has 0 saturated carbocycles. The summed E-state index contributed by atoms with van der Waals surface area (Å²) in [5.74, 6) is 1.16. The second-order valence-electron chi connectivity index (χ2n) is 11.1. The number of hydrogen-bond donors (Lipinski definition) is 1. The van der Waals surface area contributed by atoms with Crippen LogP contribution in [0.25, 0.3) is 11.0 Å². The first-order valence-electron chi connectivity index (χ1n) is 15.8. The summed E-state index contributed by atoms with van der Waals surface area (Å²) >= 11 is 0. The highest BCUT2D eigenvalue weighted by Gasteiger charge is 2.23. The number of ketones is 1. The van der Waals surface area contributed by atoms with E-state index in [1.165, 1.54) is 44.1 Å². The Labute approximate surface area is 261 Å². The van der Waals surface area contributed by atoms with Crippen molar-refractivity contribution in [2.75, 3.05) is 31.0 Å². The number of pyridine rings is 1. The van der Waals surface area contributed by atoms with Gasteiger partial charge in [-0.25, -0.2) is 8.42 Å². The van der Waals surface area contributed by atoms with Crippen molar-refractivity contribution in [2.45, 2.75) is 77.0 Å². The molecule has 0 aliphatic carbocycles. The average Bonchev–Trinajstić information content (AvgIpc) is 3.40. The molecule has 9 heteroatoms. The molecule has 2 heterocycles. The Balaban J connectivity index is 1.49. The number of unbranched alkanes of at least 4 members (excludes halogenated alkanes) is 3. The summed E-state index contributed by atoms with van der Waals surface area (Å²) in [5.41, 5.74) is 1.86. The number of carbonyl (C=O) groups excluding carboxylic acids is 1. The van der Waals surface area contributed by atoms with E-state index in [1.54, 1.807) is 36.4 Å². The maximum Gasteiger partial charge on any atom is 0.263 e. The molecule has 0 fully saturated rings. The number of anilines is 1. The van der Waals surface area contributed by atoms with Crippen molar-refractivity contribution in [3.63, 3.8) is 0 Å². The van der Waals surface area contributed by atoms with Crippen molar-refractivity contribution in [3.05, 3.63) is 83.9 Å². The molecule has 0 aliphatic heterocycles. The van der Waals surface area contributed by atoms with Crippen LogP contribution in [0.2, 0.25) is 0 Å². The number of rotatable bonds is 19. The molecule has 2 aromatic carbocycles. The van der Waals surface area contributed by atoms with Crippen LogP contribution < -0.4 is 9.46 Å². The van der Waals surface area contributed by atoms with Crippen LogP contribution in [-0.4, -0.2) is 50.3 Å². The lowest BCUT2D eigenvalue weighted by molar-refractivity contribution is 0.103. The average molecular weight is 620 g/mol. The van der Waals surface area contributed by atoms with E-state index in [1.807, 2.05) is 12.1 Å². The van der Waals surface area contributed by atoms with Crippen molar-refractivity contribution < 1.29 is 22.4 Å². The van der Waals surface area contributed by atoms with Crippen LogP contribution in [0.5, 0.6) is 5.75 Å². The largest absolute Gasteiger partial charge is 0.494 e. The minimum atomic E-state index is -3.85. The third-order valence-corrected chi connectivity index (χ3v) is 8.97. The maximum absolute atomic E-state index is 13.9. The van der Waals surface area contributed by atoms with Crippen molar-refractivity contribution in [3.8, 4) is 5.75 Å². The molecule has 2 aromatic heterocycles. The van der Waals surface area contributed by atoms with Gasteiger partial charge >= 0.3 is 0 Å². The van der Waals surface area contributed by atoms with Gasteiger partial charge in [-0.05, 0) is 93.4 Å². The topological polar surface area (TPSA) is 102 Å². The molecular weight excluding hydrogens is 574 g/mol. The lowest BCUT2D eigenvalue weighted by atomic mass is 9.98. The molecule has 44 heavy (non-hydrogen) atoms. The molecule has 0 saturated heterocycles. The number of aryl methyl sites for hydroxylation is 1. The first-order chi connectivity index (χ1) is 21.4. The zero-order chi connectivity index (χ0) is 31.4. The van der Waals surface area contributed by atoms with Gasteiger partial charge in [0.2, 0.25) is 0 Å². The molecule has 4 rings (SSSR count). The van der Waals surface area contributed by atoms with E-state index in [4.69, 9.17) is 9.15 Å². The van der Waals surface area contributed by atoms with Gasteiger partial charge in [0.05, 0.1) is 12.2 Å². The van der Waals surface area contributed by atoms with Gasteiger partial charge in [-0.2, -0.15) is 0 Å². The van der Waals surface area contributed by atoms with Crippen LogP contribution in [0.3, 0.4) is 0 Å². The first-order valence-corrected chi connectivity index (χ1v) is 17.3. The summed E-state index contributed by atoms with van der Waals surface area (Å²) < 4.78 is 40.6. The van der Waals surface area contributed by atoms with E-state index in [0.717, 1.165) is 44.6 Å². The Morgan fingerprint density at radius 2 is 1.61 bits per heavy atom. The Bertz CT molecular complexity index is 1580. The number of benzene rings is 2. The molecule has 0 bridgehead atoms. The van der Waals surface area contributed by atoms with Gasteiger partial charge in [-0.3, -0.25) is 14.5 Å². The van der Waals surface area contributed by atoms with Gasteiger partial charge in [0.15, 0.2) is 5.78 Å². The molecule has 0 spiro atoms. The minimum absolute atomic E-state index is 0.0554. The zero-order valence-electron chi connectivity index (χ0n) is 26.2. The smallest absolute Gasteiger partial charge is 0.263 e. The third kappa shape index (κ3) is 8.92. The normalized spacial score (nSPS) is 11.7. The van der Waals surface area contributed by atoms with E-state index in [9.17, 15) is 13.2 Å². The van der Waals surface area contributed by atoms with Crippen LogP contribution >= 0.6 is 0 Å². The summed E-state index contributed by atoms with van der Waals surface area (Å²) in [5, 5.41) is 0.573. The summed E-state index contributed by atoms with van der Waals surface area (Å²) in [6.45, 7) is 10.4. The number of furan rings is 1. The highest BCUT2D eigenvalue weighted by atomic mass is 32.2. The molecule has 8 nitrogen and oxygen atoms in total. The fourth-order valence-electron chi connectivity index (χ4n) is 5.12. The molecule has 0 atom stereocenters. The Morgan fingerprint density at radius 3 is 2.27 bits per heavy atom. The lowest BCUT2D eigenvalue weighted by Gasteiger charge is -2.21. The van der Waals surface area contributed by atoms with Gasteiger partial charge in [-0.15, -0.1) is 0 Å². The number of aromatic nitrogens is 1. The fraction of sp³-hybridized carbons (Fsp3) is 0.429. The van der Waals surface area contributed by atoms with E-state index < -0.39 is 10.0 Å². The van der Waals surface area contributed by atoms with E-state index in [-0.39, 0.29) is 10.7 Å². The van der Waals surface area contributed by atoms with Crippen LogP contribution in [0.4, 0.5) is 5.69 Å². The summed E-state index contributed by atoms with van der Waals surface area (Å²) in [6, 6.07) is 15.3. The molecule has 0 amide bonds. The van der Waals surface area contributed by atoms with Crippen LogP contribution in [0, 0.1) is 0 Å². The molecule has 0 radical (unpaired) electrons. The lowest BCUT2D eigenvalue weighted by Crippen LogP contribution is -2.28. The van der Waals surface area contributed by atoms with Gasteiger partial charge in [0, 0.05) is 42.0 Å². The predicted octanol–water partition coefficient (Wildman–Crippen LogP) is 7.87. The number of ether oxygens (including phenoxy) is 1. The summed E-state index contributed by atoms with van der Waals surface area (Å²) in [7, 11) is -3.85. The minimum Gasteiger partial charge on any atom is -0.494 e. The van der Waals surface area contributed by atoms with Gasteiger partial charge in [0.1, 0.15) is 22.0 Å². The van der Waals surface area contributed by atoms with Crippen molar-refractivity contribution in [1.82, 2.24) is 9.88 Å². The molecular formula is C35H45N3O5S. The van der Waals surface area contributed by atoms with Gasteiger partial charge in [-0.1, -0.05) is 40.0 Å². The van der Waals surface area contributed by atoms with E-state index in [2.05, 4.69) is 35.4 Å². The number of fused-ring (bicyclic) bond motifs is 1. The maximum atomic E-state index is 13.9. The number of hydrogen-bond acceptors (Lipinski definition) is 7. The standard InChI is InChI=1S/C35H45N3O5S/c1-4-7-13-33-34(31-25-28(16-19-32(31)43-33)37-44(40,41)30-12-10-20-36-26-30)35(39)27-14-17-29(18-15-27)42-24-11-23-38(21-8-5-2)22-9-6-3/h10,12,14-20,25-26,37H,4-9,11,13,21-24H2,1-3H3. The molecule has 236 valence electrons. The first kappa shape index (κ1) is 33.2. The van der Waals surface area contributed by atoms with E-state index in [0.29, 0.717) is 46.6 Å². The molecule has 0 unspecified atom stereocenters. The number of sulfonamides is 1. The summed E-state index contributed by atoms with van der Waals surface area (Å²) in [4.78, 5) is 20.4. The Kier molecular flexibility index (Phi) is 12.4. The van der Waals surface area contributed by atoms with Crippen LogP contribution in [-0.2, 0) is 16.4 Å². The van der Waals surface area contributed by atoms with Crippen molar-refractivity contribution in [1.29, 1.82) is 0 Å². The third-order valence-electron chi connectivity index (χ3n) is 7.60. The SMILES string of the molecule is CCCCc1oc2ccc(NS(=O)(=O)c3cccnc3)cc2c1C(=O)c1ccc(OCCCN(CCCC)CCCC)cc1. The Morgan fingerprint density at radius 1 is 0.909 bits per heavy atom. The van der Waals surface area contributed by atoms with Crippen LogP contribution in [0.1, 0.15) is 87.4 Å². The highest BCUT2D eigenvalue weighted by Crippen LogP contribution is 2.32. The van der Waals surface area contributed by atoms with E-state index >= 15 is 0 Å². The monoisotopic (exact) mass is 619 g/mol. The highest BCUT2D eigenvalue weighted by molar-refractivity contribution is 7.92. The second kappa shape index (κ2) is 16.4. The molecule has 1 N–H and O–H groups in total. The fourth-order valence-corrected chi connectivity index (χ4v) is 6.13. The van der Waals surface area contributed by atoms with Crippen molar-refractivity contribution in [2.24, 2.45) is 0 Å². The number of carbonyl (C=O) groups is 1. The second-order valence-corrected chi connectivity index (χ2v) is 12.8. The summed E-state index contributed by atoms with van der Waals surface area (Å²) in [6.07, 6.45) is 11.0. The van der Waals surface area contributed by atoms with Gasteiger partial charge < -0.3 is 14.1 Å². The predicted molar refractivity (Wildman–Crippen MR) is 176 cm³/mol. The Hall–Kier alpha value is -3.69. The molecule has 4 aromatic rings. The quantitative estimate of drug-likeness (QED) is 0.0842. The number of nitrogens with zero attached hydrogens (tertiary/aromatic N) is 2. The van der Waals surface area contributed by atoms with Crippen molar-refractivity contribution >= 4 is 32.5 Å².